The van der Waals surface area contributed by atoms with Gasteiger partial charge in [-0.2, -0.15) is 5.26 Å². The summed E-state index contributed by atoms with van der Waals surface area (Å²) in [6, 6.07) is 8.05. The molecule has 1 saturated heterocycles. The van der Waals surface area contributed by atoms with Crippen LogP contribution in [0.1, 0.15) is 24.8 Å². The number of sulfonamides is 1. The number of nitrogens with zero attached hydrogens (tertiary/aromatic N) is 2. The highest BCUT2D eigenvalue weighted by Crippen LogP contribution is 2.10. The van der Waals surface area contributed by atoms with Gasteiger partial charge in [0.15, 0.2) is 0 Å². The second-order valence-corrected chi connectivity index (χ2v) is 8.22. The summed E-state index contributed by atoms with van der Waals surface area (Å²) in [5.41, 5.74) is 0.851. The summed E-state index contributed by atoms with van der Waals surface area (Å²) in [6.45, 7) is 2.22. The minimum Gasteiger partial charge on any atom is -0.389 e. The zero-order valence-corrected chi connectivity index (χ0v) is 16.9. The molecule has 0 aliphatic carbocycles. The van der Waals surface area contributed by atoms with Gasteiger partial charge in [-0.3, -0.25) is 9.59 Å². The first kappa shape index (κ1) is 22.4. The monoisotopic (exact) mass is 419 g/mol. The smallest absolute Gasteiger partial charge is 0.263 e. The molecule has 4 N–H and O–H groups in total. The Kier molecular flexibility index (Phi) is 8.18. The predicted octanol–water partition coefficient (Wildman–Crippen LogP) is 0.00228. The molecule has 2 amide bonds. The molecule has 0 unspecified atom stereocenters. The molecule has 1 aliphatic heterocycles. The van der Waals surface area contributed by atoms with E-state index in [1.54, 1.807) is 17.0 Å². The van der Waals surface area contributed by atoms with E-state index in [2.05, 4.69) is 10.6 Å². The van der Waals surface area contributed by atoms with Gasteiger partial charge in [0, 0.05) is 38.8 Å². The van der Waals surface area contributed by atoms with Crippen molar-refractivity contribution in [2.75, 3.05) is 26.2 Å². The second-order valence-electron chi connectivity index (χ2n) is 6.66. The van der Waals surface area contributed by atoms with Crippen molar-refractivity contribution < 1.29 is 18.0 Å². The number of nitriles is 1. The number of hydrogen-bond donors (Lipinski definition) is 3. The van der Waals surface area contributed by atoms with Crippen molar-refractivity contribution in [3.63, 3.8) is 0 Å². The van der Waals surface area contributed by atoms with Crippen LogP contribution in [0.3, 0.4) is 0 Å². The fraction of sp³-hybridized carbons (Fsp3) is 0.421. The van der Waals surface area contributed by atoms with Gasteiger partial charge < -0.3 is 15.5 Å². The number of benzene rings is 1. The van der Waals surface area contributed by atoms with Gasteiger partial charge in [0.2, 0.25) is 15.9 Å². The van der Waals surface area contributed by atoms with Gasteiger partial charge in [0.05, 0.1) is 4.90 Å². The van der Waals surface area contributed by atoms with Crippen LogP contribution in [0.5, 0.6) is 0 Å². The number of nitrogens with one attached hydrogen (secondary N) is 2. The molecular weight excluding hydrogens is 394 g/mol. The van der Waals surface area contributed by atoms with Crippen LogP contribution in [-0.2, 0) is 26.0 Å². The molecule has 0 radical (unpaired) electrons. The molecule has 2 rings (SSSR count). The molecule has 0 spiro atoms. The number of hydrogen-bond acceptors (Lipinski definition) is 6. The molecule has 1 heterocycles. The van der Waals surface area contributed by atoms with Crippen molar-refractivity contribution in [3.8, 4) is 6.07 Å². The molecule has 1 aromatic carbocycles. The molecule has 1 aliphatic rings. The van der Waals surface area contributed by atoms with Crippen molar-refractivity contribution >= 4 is 21.8 Å². The lowest BCUT2D eigenvalue weighted by Crippen LogP contribution is -2.31. The van der Waals surface area contributed by atoms with Crippen LogP contribution in [-0.4, -0.2) is 51.3 Å². The Labute approximate surface area is 170 Å². The fourth-order valence-electron chi connectivity index (χ4n) is 2.89. The zero-order valence-electron chi connectivity index (χ0n) is 16.1. The molecule has 1 aromatic rings. The average molecular weight is 420 g/mol. The summed E-state index contributed by atoms with van der Waals surface area (Å²) >= 11 is 0. The van der Waals surface area contributed by atoms with E-state index in [0.29, 0.717) is 38.9 Å². The number of carbonyl (C=O) groups excluding carboxylic acids is 2. The number of primary sulfonamides is 1. The van der Waals surface area contributed by atoms with E-state index in [9.17, 15) is 18.0 Å². The molecule has 10 heteroatoms. The minimum atomic E-state index is -3.71. The molecular formula is C19H25N5O4S. The molecule has 9 nitrogen and oxygen atoms in total. The third-order valence-electron chi connectivity index (χ3n) is 4.48. The van der Waals surface area contributed by atoms with Crippen LogP contribution in [0.4, 0.5) is 0 Å². The highest BCUT2D eigenvalue weighted by atomic mass is 32.2. The van der Waals surface area contributed by atoms with Gasteiger partial charge in [0.25, 0.3) is 5.91 Å². The van der Waals surface area contributed by atoms with Crippen LogP contribution >= 0.6 is 0 Å². The molecule has 156 valence electrons. The minimum absolute atomic E-state index is 0.0354. The Bertz CT molecular complexity index is 904. The number of nitrogens with two attached hydrogens (primary N) is 1. The van der Waals surface area contributed by atoms with Gasteiger partial charge in [-0.25, -0.2) is 13.6 Å². The zero-order chi connectivity index (χ0) is 21.3. The van der Waals surface area contributed by atoms with Gasteiger partial charge in [-0.05, 0) is 37.0 Å². The summed E-state index contributed by atoms with van der Waals surface area (Å²) in [4.78, 5) is 25.4. The van der Waals surface area contributed by atoms with Gasteiger partial charge >= 0.3 is 0 Å². The normalized spacial score (nSPS) is 14.6. The van der Waals surface area contributed by atoms with Crippen molar-refractivity contribution in [3.05, 3.63) is 41.6 Å². The Morgan fingerprint density at radius 2 is 2.00 bits per heavy atom. The van der Waals surface area contributed by atoms with Crippen LogP contribution in [0.25, 0.3) is 0 Å². The highest BCUT2D eigenvalue weighted by molar-refractivity contribution is 7.89. The van der Waals surface area contributed by atoms with Crippen molar-refractivity contribution in [2.45, 2.75) is 30.6 Å². The first-order valence-corrected chi connectivity index (χ1v) is 10.9. The van der Waals surface area contributed by atoms with Crippen LogP contribution in [0.2, 0.25) is 0 Å². The topological polar surface area (TPSA) is 145 Å². The quantitative estimate of drug-likeness (QED) is 0.276. The van der Waals surface area contributed by atoms with Crippen LogP contribution in [0, 0.1) is 11.3 Å². The lowest BCUT2D eigenvalue weighted by Gasteiger charge is -2.15. The molecule has 0 atom stereocenters. The van der Waals surface area contributed by atoms with Gasteiger partial charge in [-0.15, -0.1) is 0 Å². The molecule has 0 bridgehead atoms. The predicted molar refractivity (Wildman–Crippen MR) is 107 cm³/mol. The van der Waals surface area contributed by atoms with E-state index < -0.39 is 15.9 Å². The molecule has 0 aromatic heterocycles. The number of rotatable bonds is 10. The Balaban J connectivity index is 1.71. The maximum atomic E-state index is 12.0. The van der Waals surface area contributed by atoms with Crippen molar-refractivity contribution in [2.24, 2.45) is 5.14 Å². The first-order valence-electron chi connectivity index (χ1n) is 9.32. The lowest BCUT2D eigenvalue weighted by molar-refractivity contribution is -0.127. The summed E-state index contributed by atoms with van der Waals surface area (Å²) in [5, 5.41) is 19.8. The first-order chi connectivity index (χ1) is 13.8. The Hall–Kier alpha value is -2.90. The number of likely N-dealkylation sites (tertiary alicyclic amines) is 1. The summed E-state index contributed by atoms with van der Waals surface area (Å²) in [5.74, 6) is -0.317. The van der Waals surface area contributed by atoms with E-state index in [1.807, 2.05) is 6.07 Å². The third-order valence-corrected chi connectivity index (χ3v) is 5.41. The summed E-state index contributed by atoms with van der Waals surface area (Å²) in [6.07, 6.45) is 4.05. The average Bonchev–Trinajstić information content (AvgIpc) is 3.09. The number of amides is 2. The maximum absolute atomic E-state index is 12.0. The highest BCUT2D eigenvalue weighted by Gasteiger charge is 2.19. The van der Waals surface area contributed by atoms with Crippen molar-refractivity contribution in [1.82, 2.24) is 15.5 Å². The van der Waals surface area contributed by atoms with E-state index in [-0.39, 0.29) is 16.4 Å². The Morgan fingerprint density at radius 3 is 2.59 bits per heavy atom. The van der Waals surface area contributed by atoms with Crippen molar-refractivity contribution in [1.29, 1.82) is 5.26 Å². The van der Waals surface area contributed by atoms with E-state index in [1.165, 1.54) is 18.3 Å². The number of carbonyl (C=O) groups is 2. The SMILES string of the molecule is N#C/C(=C/NCCc1ccc(S(N)(=O)=O)cc1)C(=O)NCCCN1CCCC1=O. The van der Waals surface area contributed by atoms with Crippen LogP contribution in [0.15, 0.2) is 40.9 Å². The van der Waals surface area contributed by atoms with E-state index in [4.69, 9.17) is 10.4 Å². The molecule has 1 fully saturated rings. The Morgan fingerprint density at radius 1 is 1.28 bits per heavy atom. The van der Waals surface area contributed by atoms with Crippen LogP contribution < -0.4 is 15.8 Å². The summed E-state index contributed by atoms with van der Waals surface area (Å²) in [7, 11) is -3.71. The summed E-state index contributed by atoms with van der Waals surface area (Å²) < 4.78 is 22.4. The fourth-order valence-corrected chi connectivity index (χ4v) is 3.41. The second kappa shape index (κ2) is 10.6. The van der Waals surface area contributed by atoms with Gasteiger partial charge in [-0.1, -0.05) is 12.1 Å². The lowest BCUT2D eigenvalue weighted by atomic mass is 10.1. The third kappa shape index (κ3) is 7.21. The maximum Gasteiger partial charge on any atom is 0.263 e. The molecule has 0 saturated carbocycles. The van der Waals surface area contributed by atoms with E-state index in [0.717, 1.165) is 18.5 Å². The molecule has 29 heavy (non-hydrogen) atoms. The van der Waals surface area contributed by atoms with E-state index >= 15 is 0 Å². The van der Waals surface area contributed by atoms with Gasteiger partial charge in [0.1, 0.15) is 11.6 Å². The largest absolute Gasteiger partial charge is 0.389 e. The standard InChI is InChI=1S/C19H25N5O4S/c20-13-16(19(26)23-9-2-12-24-11-1-3-18(24)25)14-22-10-8-15-4-6-17(7-5-15)29(21,27)28/h4-7,14,22H,1-3,8-12H2,(H,23,26)(H2,21,27,28)/b16-14-.